The quantitative estimate of drug-likeness (QED) is 0.304. The van der Waals surface area contributed by atoms with Crippen molar-refractivity contribution in [3.05, 3.63) is 87.6 Å². The maximum atomic E-state index is 12.2. The molecule has 3 rings (SSSR count). The van der Waals surface area contributed by atoms with Crippen LogP contribution in [0, 0.1) is 21.4 Å². The summed E-state index contributed by atoms with van der Waals surface area (Å²) in [6.07, 6.45) is 1.87. The molecule has 156 valence electrons. The molecular formula is C23H19N3O5. The molecule has 2 aromatic carbocycles. The summed E-state index contributed by atoms with van der Waals surface area (Å²) in [4.78, 5) is 27.2. The number of ether oxygens (including phenoxy) is 2. The molecule has 0 saturated heterocycles. The van der Waals surface area contributed by atoms with E-state index in [-0.39, 0.29) is 24.5 Å². The summed E-state index contributed by atoms with van der Waals surface area (Å²) in [7, 11) is 0. The molecule has 1 heterocycles. The number of esters is 1. The van der Waals surface area contributed by atoms with E-state index in [2.05, 4.69) is 11.1 Å². The van der Waals surface area contributed by atoms with Crippen LogP contribution in [0.3, 0.4) is 0 Å². The molecule has 0 unspecified atom stereocenters. The van der Waals surface area contributed by atoms with Crippen LogP contribution in [0.1, 0.15) is 28.4 Å². The molecule has 31 heavy (non-hydrogen) atoms. The van der Waals surface area contributed by atoms with Crippen LogP contribution in [0.2, 0.25) is 0 Å². The van der Waals surface area contributed by atoms with Crippen molar-refractivity contribution in [3.63, 3.8) is 0 Å². The van der Waals surface area contributed by atoms with E-state index in [4.69, 9.17) is 9.47 Å². The first-order valence-electron chi connectivity index (χ1n) is 9.57. The molecule has 0 aliphatic carbocycles. The molecular weight excluding hydrogens is 398 g/mol. The van der Waals surface area contributed by atoms with Gasteiger partial charge in [-0.15, -0.1) is 0 Å². The highest BCUT2D eigenvalue weighted by Gasteiger charge is 2.17. The molecule has 3 aromatic rings. The van der Waals surface area contributed by atoms with E-state index in [0.29, 0.717) is 34.6 Å². The van der Waals surface area contributed by atoms with E-state index in [9.17, 15) is 20.2 Å². The standard InChI is InChI=1S/C23H19N3O5/c1-2-30-23(27)19-7-5-12-25-22(19)17-9-10-21(18(14-17)15-24)31-13-11-16-6-3-4-8-20(16)26(28)29/h3-10,12,14H,2,11,13H2,1H3. The third kappa shape index (κ3) is 5.03. The van der Waals surface area contributed by atoms with Gasteiger partial charge in [0.15, 0.2) is 0 Å². The van der Waals surface area contributed by atoms with Crippen molar-refractivity contribution in [2.24, 2.45) is 0 Å². The number of carbonyl (C=O) groups excluding carboxylic acids is 1. The second-order valence-electron chi connectivity index (χ2n) is 6.43. The number of para-hydroxylation sites is 1. The smallest absolute Gasteiger partial charge is 0.340 e. The van der Waals surface area contributed by atoms with Crippen LogP contribution in [0.15, 0.2) is 60.8 Å². The lowest BCUT2D eigenvalue weighted by molar-refractivity contribution is -0.385. The van der Waals surface area contributed by atoms with Gasteiger partial charge < -0.3 is 9.47 Å². The fourth-order valence-electron chi connectivity index (χ4n) is 3.07. The lowest BCUT2D eigenvalue weighted by atomic mass is 10.0. The van der Waals surface area contributed by atoms with Crippen LogP contribution in [-0.2, 0) is 11.2 Å². The molecule has 0 spiro atoms. The first kappa shape index (κ1) is 21.5. The topological polar surface area (TPSA) is 115 Å². The Labute approximate surface area is 178 Å². The Morgan fingerprint density at radius 3 is 2.74 bits per heavy atom. The predicted octanol–water partition coefficient (Wildman–Crippen LogP) is 4.33. The van der Waals surface area contributed by atoms with Gasteiger partial charge in [0.1, 0.15) is 11.8 Å². The van der Waals surface area contributed by atoms with Gasteiger partial charge in [-0.3, -0.25) is 15.1 Å². The molecule has 0 bridgehead atoms. The fraction of sp³-hybridized carbons (Fsp3) is 0.174. The van der Waals surface area contributed by atoms with Crippen LogP contribution in [0.4, 0.5) is 5.69 Å². The monoisotopic (exact) mass is 417 g/mol. The highest BCUT2D eigenvalue weighted by atomic mass is 16.6. The summed E-state index contributed by atoms with van der Waals surface area (Å²) in [6.45, 7) is 2.12. The number of benzene rings is 2. The third-order valence-electron chi connectivity index (χ3n) is 4.49. The average Bonchev–Trinajstić information content (AvgIpc) is 2.79. The van der Waals surface area contributed by atoms with E-state index in [0.717, 1.165) is 0 Å². The number of nitriles is 1. The molecule has 0 saturated carbocycles. The normalized spacial score (nSPS) is 10.2. The van der Waals surface area contributed by atoms with Crippen LogP contribution in [0.5, 0.6) is 5.75 Å². The zero-order valence-corrected chi connectivity index (χ0v) is 16.8. The summed E-state index contributed by atoms with van der Waals surface area (Å²) >= 11 is 0. The van der Waals surface area contributed by atoms with Crippen LogP contribution < -0.4 is 4.74 Å². The van der Waals surface area contributed by atoms with Crippen molar-refractivity contribution >= 4 is 11.7 Å². The van der Waals surface area contributed by atoms with Gasteiger partial charge >= 0.3 is 5.97 Å². The van der Waals surface area contributed by atoms with Crippen LogP contribution in [0.25, 0.3) is 11.3 Å². The number of aromatic nitrogens is 1. The van der Waals surface area contributed by atoms with E-state index in [1.54, 1.807) is 61.7 Å². The SMILES string of the molecule is CCOC(=O)c1cccnc1-c1ccc(OCCc2ccccc2[N+](=O)[O-])c(C#N)c1. The minimum atomic E-state index is -0.492. The summed E-state index contributed by atoms with van der Waals surface area (Å²) in [5.74, 6) is -0.146. The van der Waals surface area contributed by atoms with E-state index < -0.39 is 10.9 Å². The Bertz CT molecular complexity index is 1150. The summed E-state index contributed by atoms with van der Waals surface area (Å²) in [5.41, 5.74) is 2.13. The molecule has 0 fully saturated rings. The number of rotatable bonds is 8. The van der Waals surface area contributed by atoms with Gasteiger partial charge in [0.05, 0.1) is 35.0 Å². The molecule has 0 N–H and O–H groups in total. The number of carbonyl (C=O) groups is 1. The Kier molecular flexibility index (Phi) is 6.91. The van der Waals surface area contributed by atoms with Crippen LogP contribution in [-0.4, -0.2) is 29.1 Å². The first-order valence-corrected chi connectivity index (χ1v) is 9.57. The molecule has 0 aliphatic heterocycles. The summed E-state index contributed by atoms with van der Waals surface area (Å²) in [5, 5.41) is 20.7. The molecule has 8 nitrogen and oxygen atoms in total. The Balaban J connectivity index is 1.80. The molecule has 1 aromatic heterocycles. The predicted molar refractivity (Wildman–Crippen MR) is 113 cm³/mol. The van der Waals surface area contributed by atoms with E-state index in [1.165, 1.54) is 6.07 Å². The number of hydrogen-bond acceptors (Lipinski definition) is 7. The zero-order valence-electron chi connectivity index (χ0n) is 16.8. The highest BCUT2D eigenvalue weighted by molar-refractivity contribution is 5.96. The van der Waals surface area contributed by atoms with Crippen molar-refractivity contribution in [1.29, 1.82) is 5.26 Å². The number of nitro groups is 1. The van der Waals surface area contributed by atoms with Gasteiger partial charge in [0.2, 0.25) is 0 Å². The van der Waals surface area contributed by atoms with Crippen molar-refractivity contribution in [1.82, 2.24) is 4.98 Å². The highest BCUT2D eigenvalue weighted by Crippen LogP contribution is 2.28. The lowest BCUT2D eigenvalue weighted by Gasteiger charge is -2.11. The molecule has 0 aliphatic rings. The van der Waals surface area contributed by atoms with Crippen molar-refractivity contribution in [2.75, 3.05) is 13.2 Å². The first-order chi connectivity index (χ1) is 15.0. The van der Waals surface area contributed by atoms with Crippen LogP contribution >= 0.6 is 0 Å². The number of hydrogen-bond donors (Lipinski definition) is 0. The fourth-order valence-corrected chi connectivity index (χ4v) is 3.07. The number of pyridine rings is 1. The number of nitrogens with zero attached hydrogens (tertiary/aromatic N) is 3. The molecule has 0 atom stereocenters. The lowest BCUT2D eigenvalue weighted by Crippen LogP contribution is -2.08. The van der Waals surface area contributed by atoms with Crippen molar-refractivity contribution in [2.45, 2.75) is 13.3 Å². The number of nitro benzene ring substituents is 1. The van der Waals surface area contributed by atoms with Gasteiger partial charge in [-0.25, -0.2) is 4.79 Å². The Morgan fingerprint density at radius 2 is 2.00 bits per heavy atom. The second kappa shape index (κ2) is 9.98. The largest absolute Gasteiger partial charge is 0.492 e. The molecule has 8 heteroatoms. The van der Waals surface area contributed by atoms with Gasteiger partial charge in [-0.05, 0) is 37.3 Å². The maximum absolute atomic E-state index is 12.2. The van der Waals surface area contributed by atoms with Gasteiger partial charge in [-0.2, -0.15) is 5.26 Å². The van der Waals surface area contributed by atoms with Gasteiger partial charge in [0.25, 0.3) is 5.69 Å². The molecule has 0 amide bonds. The second-order valence-corrected chi connectivity index (χ2v) is 6.43. The molecule has 0 radical (unpaired) electrons. The zero-order chi connectivity index (χ0) is 22.2. The van der Waals surface area contributed by atoms with Crippen molar-refractivity contribution < 1.29 is 19.2 Å². The summed E-state index contributed by atoms with van der Waals surface area (Å²) < 4.78 is 10.8. The Hall–Kier alpha value is -4.25. The van der Waals surface area contributed by atoms with E-state index in [1.807, 2.05) is 0 Å². The summed E-state index contributed by atoms with van der Waals surface area (Å²) in [6, 6.07) is 16.7. The van der Waals surface area contributed by atoms with Crippen molar-refractivity contribution in [3.8, 4) is 23.1 Å². The third-order valence-corrected chi connectivity index (χ3v) is 4.49. The minimum Gasteiger partial charge on any atom is -0.492 e. The van der Waals surface area contributed by atoms with Gasteiger partial charge in [0, 0.05) is 29.8 Å². The Morgan fingerprint density at radius 1 is 1.19 bits per heavy atom. The van der Waals surface area contributed by atoms with E-state index >= 15 is 0 Å². The minimum absolute atomic E-state index is 0.0311. The average molecular weight is 417 g/mol. The maximum Gasteiger partial charge on any atom is 0.340 e. The van der Waals surface area contributed by atoms with Gasteiger partial charge in [-0.1, -0.05) is 18.2 Å².